The topological polar surface area (TPSA) is 113 Å². The van der Waals surface area contributed by atoms with Crippen molar-refractivity contribution in [3.05, 3.63) is 42.5 Å². The first kappa shape index (κ1) is 25.4. The zero-order chi connectivity index (χ0) is 23.8. The summed E-state index contributed by atoms with van der Waals surface area (Å²) < 4.78 is 30.6. The molecule has 2 aliphatic rings. The summed E-state index contributed by atoms with van der Waals surface area (Å²) in [5, 5.41) is 13.3. The maximum Gasteiger partial charge on any atom is 0.265 e. The normalized spacial score (nSPS) is 24.3. The first-order valence-corrected chi connectivity index (χ1v) is 13.3. The highest BCUT2D eigenvalue weighted by molar-refractivity contribution is 7.92. The lowest BCUT2D eigenvalue weighted by molar-refractivity contribution is -0.168. The van der Waals surface area contributed by atoms with Crippen LogP contribution in [0.2, 0.25) is 0 Å². The van der Waals surface area contributed by atoms with Gasteiger partial charge in [-0.1, -0.05) is 50.1 Å². The van der Waals surface area contributed by atoms with Gasteiger partial charge in [-0.3, -0.25) is 14.8 Å². The van der Waals surface area contributed by atoms with Crippen LogP contribution >= 0.6 is 0 Å². The molecule has 0 saturated carbocycles. The van der Waals surface area contributed by atoms with Gasteiger partial charge in [-0.15, -0.1) is 0 Å². The molecule has 0 spiro atoms. The molecule has 8 nitrogen and oxygen atoms in total. The van der Waals surface area contributed by atoms with Gasteiger partial charge in [0.25, 0.3) is 5.91 Å². The van der Waals surface area contributed by atoms with Crippen molar-refractivity contribution in [2.24, 2.45) is 11.8 Å². The molecule has 0 aromatic heterocycles. The van der Waals surface area contributed by atoms with E-state index < -0.39 is 33.9 Å². The van der Waals surface area contributed by atoms with Gasteiger partial charge in [0.1, 0.15) is 5.75 Å². The number of benzene rings is 1. The Morgan fingerprint density at radius 3 is 2.55 bits per heavy atom. The minimum absolute atomic E-state index is 0.0251. The summed E-state index contributed by atoms with van der Waals surface area (Å²) in [6.07, 6.45) is 10.7. The number of fused-ring (bicyclic) bond motifs is 2. The number of hydrogen-bond donors (Lipinski definition) is 2. The van der Waals surface area contributed by atoms with Crippen LogP contribution < -0.4 is 5.32 Å². The number of hydroxylamine groups is 2. The number of unbranched alkanes of at least 4 members (excludes halogenated alkanes) is 2. The Bertz CT molecular complexity index is 934. The fourth-order valence-electron chi connectivity index (χ4n) is 4.64. The van der Waals surface area contributed by atoms with Gasteiger partial charge in [0, 0.05) is 5.92 Å². The highest BCUT2D eigenvalue weighted by Gasteiger charge is 2.48. The van der Waals surface area contributed by atoms with Gasteiger partial charge in [-0.25, -0.2) is 13.5 Å². The van der Waals surface area contributed by atoms with Crippen LogP contribution in [0.15, 0.2) is 47.4 Å². The number of amides is 2. The Morgan fingerprint density at radius 2 is 1.85 bits per heavy atom. The predicted molar refractivity (Wildman–Crippen MR) is 123 cm³/mol. The van der Waals surface area contributed by atoms with Gasteiger partial charge in [0.2, 0.25) is 5.91 Å². The van der Waals surface area contributed by atoms with Gasteiger partial charge in [0.15, 0.2) is 9.84 Å². The maximum atomic E-state index is 12.4. The number of sulfone groups is 1. The Hall–Kier alpha value is -2.23. The van der Waals surface area contributed by atoms with Crippen molar-refractivity contribution < 1.29 is 28.0 Å². The minimum atomic E-state index is -3.80. The Kier molecular flexibility index (Phi) is 9.05. The first-order chi connectivity index (χ1) is 15.8. The van der Waals surface area contributed by atoms with Crippen LogP contribution in [0.5, 0.6) is 0 Å². The van der Waals surface area contributed by atoms with Gasteiger partial charge in [-0.2, -0.15) is 0 Å². The molecule has 2 aliphatic heterocycles. The Labute approximate surface area is 195 Å². The molecule has 1 aromatic carbocycles. The van der Waals surface area contributed by atoms with Gasteiger partial charge >= 0.3 is 0 Å². The zero-order valence-electron chi connectivity index (χ0n) is 19.1. The minimum Gasteiger partial charge on any atom is -0.374 e. The average Bonchev–Trinajstić information content (AvgIpc) is 3.40. The van der Waals surface area contributed by atoms with E-state index in [1.54, 1.807) is 18.2 Å². The van der Waals surface area contributed by atoms with Crippen molar-refractivity contribution in [2.75, 3.05) is 18.8 Å². The van der Waals surface area contributed by atoms with Crippen LogP contribution in [0.4, 0.5) is 0 Å². The third kappa shape index (κ3) is 6.88. The molecule has 33 heavy (non-hydrogen) atoms. The van der Waals surface area contributed by atoms with Crippen LogP contribution in [-0.2, 0) is 24.2 Å². The molecule has 1 aromatic rings. The van der Waals surface area contributed by atoms with E-state index in [1.807, 2.05) is 0 Å². The summed E-state index contributed by atoms with van der Waals surface area (Å²) in [4.78, 5) is 24.5. The molecular weight excluding hydrogens is 444 g/mol. The lowest BCUT2D eigenvalue weighted by Crippen LogP contribution is -2.44. The molecule has 182 valence electrons. The molecule has 3 rings (SSSR count). The number of rotatable bonds is 12. The molecule has 0 radical (unpaired) electrons. The van der Waals surface area contributed by atoms with Crippen LogP contribution in [-0.4, -0.2) is 61.6 Å². The number of allylic oxidation sites excluding steroid dienone is 2. The van der Waals surface area contributed by atoms with Crippen molar-refractivity contribution in [1.29, 1.82) is 0 Å². The average molecular weight is 479 g/mol. The molecule has 2 bridgehead atoms. The third-order valence-corrected chi connectivity index (χ3v) is 8.05. The van der Waals surface area contributed by atoms with Gasteiger partial charge in [0.05, 0.1) is 30.2 Å². The third-order valence-electron chi connectivity index (χ3n) is 6.42. The second-order valence-corrected chi connectivity index (χ2v) is 10.8. The number of nitrogens with one attached hydrogen (secondary N) is 1. The number of carbonyl (C=O) groups excluding carboxylic acids is 2. The van der Waals surface area contributed by atoms with Gasteiger partial charge in [-0.05, 0) is 43.7 Å². The molecule has 0 aliphatic carbocycles. The smallest absolute Gasteiger partial charge is 0.265 e. The number of nitrogens with zero attached hydrogens (tertiary/aromatic N) is 1. The second kappa shape index (κ2) is 11.8. The highest BCUT2D eigenvalue weighted by atomic mass is 32.2. The molecule has 9 heteroatoms. The van der Waals surface area contributed by atoms with Crippen LogP contribution in [0.25, 0.3) is 0 Å². The largest absolute Gasteiger partial charge is 0.374 e. The lowest BCUT2D eigenvalue weighted by atomic mass is 9.77. The molecule has 0 unspecified atom stereocenters. The van der Waals surface area contributed by atoms with E-state index in [0.29, 0.717) is 5.06 Å². The fraction of sp³-hybridized carbons (Fsp3) is 0.583. The summed E-state index contributed by atoms with van der Waals surface area (Å²) in [6.45, 7) is 1.82. The standard InChI is InChI=1S/C24H34N2O6S/c1-2-3-4-5-9-12-19-20(22-14-13-21(19)32-22)16-26(29)24(28)15-25-23(27)17-33(30,31)18-10-7-6-8-11-18/h5-11,19-22,29H,2-4,12-17H2,1H3,(H,25,27)/t19-,20+,21-,22+/m0/s1. The molecule has 2 saturated heterocycles. The first-order valence-electron chi connectivity index (χ1n) is 11.7. The highest BCUT2D eigenvalue weighted by Crippen LogP contribution is 2.45. The Morgan fingerprint density at radius 1 is 1.15 bits per heavy atom. The molecule has 2 heterocycles. The van der Waals surface area contributed by atoms with Crippen LogP contribution in [0, 0.1) is 11.8 Å². The zero-order valence-corrected chi connectivity index (χ0v) is 19.9. The molecule has 2 N–H and O–H groups in total. The van der Waals surface area contributed by atoms with E-state index in [4.69, 9.17) is 4.74 Å². The van der Waals surface area contributed by atoms with E-state index in [0.717, 1.165) is 38.5 Å². The summed E-state index contributed by atoms with van der Waals surface area (Å²) in [5.41, 5.74) is 0. The van der Waals surface area contributed by atoms with E-state index in [-0.39, 0.29) is 35.5 Å². The predicted octanol–water partition coefficient (Wildman–Crippen LogP) is 2.72. The van der Waals surface area contributed by atoms with Crippen molar-refractivity contribution in [2.45, 2.75) is 62.6 Å². The summed E-state index contributed by atoms with van der Waals surface area (Å²) >= 11 is 0. The van der Waals surface area contributed by atoms with Crippen molar-refractivity contribution in [1.82, 2.24) is 10.4 Å². The summed E-state index contributed by atoms with van der Waals surface area (Å²) in [6, 6.07) is 7.66. The second-order valence-electron chi connectivity index (χ2n) is 8.79. The fourth-order valence-corrected chi connectivity index (χ4v) is 5.83. The number of ether oxygens (including phenoxy) is 1. The van der Waals surface area contributed by atoms with Crippen molar-refractivity contribution >= 4 is 21.7 Å². The maximum absolute atomic E-state index is 12.4. The van der Waals surface area contributed by atoms with Crippen LogP contribution in [0.3, 0.4) is 0 Å². The SMILES string of the molecule is CCCCC=CC[C@H]1[C@@H](CN(O)C(=O)CNC(=O)CS(=O)(=O)c2ccccc2)[C@H]2CC[C@@H]1O2. The molecule has 4 atom stereocenters. The van der Waals surface area contributed by atoms with Gasteiger partial charge < -0.3 is 10.1 Å². The quantitative estimate of drug-likeness (QED) is 0.207. The monoisotopic (exact) mass is 478 g/mol. The van der Waals surface area contributed by atoms with Crippen molar-refractivity contribution in [3.8, 4) is 0 Å². The Balaban J connectivity index is 1.47. The van der Waals surface area contributed by atoms with E-state index in [2.05, 4.69) is 24.4 Å². The number of hydrogen-bond acceptors (Lipinski definition) is 6. The molecular formula is C24H34N2O6S. The van der Waals surface area contributed by atoms with E-state index >= 15 is 0 Å². The van der Waals surface area contributed by atoms with Crippen LogP contribution in [0.1, 0.15) is 45.4 Å². The number of carbonyl (C=O) groups is 2. The summed E-state index contributed by atoms with van der Waals surface area (Å²) in [7, 11) is -3.80. The summed E-state index contributed by atoms with van der Waals surface area (Å²) in [5.74, 6) is -1.96. The van der Waals surface area contributed by atoms with E-state index in [1.165, 1.54) is 12.1 Å². The van der Waals surface area contributed by atoms with Crippen molar-refractivity contribution in [3.63, 3.8) is 0 Å². The molecule has 2 amide bonds. The lowest BCUT2D eigenvalue weighted by Gasteiger charge is -2.29. The van der Waals surface area contributed by atoms with E-state index in [9.17, 15) is 23.2 Å². The molecule has 2 fully saturated rings.